The van der Waals surface area contributed by atoms with Crippen LogP contribution < -0.4 is 20.7 Å². The number of rotatable bonds is 12. The molecule has 0 heterocycles. The van der Waals surface area contributed by atoms with Gasteiger partial charge in [0.1, 0.15) is 5.75 Å². The van der Waals surface area contributed by atoms with Crippen LogP contribution in [0, 0.1) is 0 Å². The molecule has 3 N–H and O–H groups in total. The Morgan fingerprint density at radius 2 is 1.70 bits per heavy atom. The smallest absolute Gasteiger partial charge is 0.251 e. The van der Waals surface area contributed by atoms with Gasteiger partial charge in [-0.25, -0.2) is 0 Å². The van der Waals surface area contributed by atoms with Crippen molar-refractivity contribution in [2.75, 3.05) is 30.3 Å². The Morgan fingerprint density at radius 1 is 0.909 bits per heavy atom. The van der Waals surface area contributed by atoms with E-state index in [2.05, 4.69) is 28.1 Å². The van der Waals surface area contributed by atoms with Crippen LogP contribution in [0.3, 0.4) is 0 Å². The first kappa shape index (κ1) is 23.9. The fraction of sp³-hybridized carbons (Fsp3) is 0.259. The van der Waals surface area contributed by atoms with Gasteiger partial charge >= 0.3 is 0 Å². The summed E-state index contributed by atoms with van der Waals surface area (Å²) >= 11 is 0. The molecule has 6 heteroatoms. The maximum Gasteiger partial charge on any atom is 0.251 e. The number of anilines is 2. The summed E-state index contributed by atoms with van der Waals surface area (Å²) in [4.78, 5) is 24.6. The molecule has 0 saturated heterocycles. The van der Waals surface area contributed by atoms with Gasteiger partial charge in [-0.05, 0) is 55.2 Å². The number of aryl methyl sites for hydroxylation is 1. The number of carbonyl (C=O) groups excluding carboxylic acids is 2. The second kappa shape index (κ2) is 12.9. The van der Waals surface area contributed by atoms with Gasteiger partial charge in [-0.3, -0.25) is 9.59 Å². The molecule has 0 aliphatic rings. The number of para-hydroxylation sites is 2. The highest BCUT2D eigenvalue weighted by Crippen LogP contribution is 2.24. The highest BCUT2D eigenvalue weighted by Gasteiger charge is 2.09. The fourth-order valence-electron chi connectivity index (χ4n) is 3.30. The van der Waals surface area contributed by atoms with Gasteiger partial charge in [0.05, 0.1) is 18.8 Å². The monoisotopic (exact) mass is 445 g/mol. The van der Waals surface area contributed by atoms with Crippen LogP contribution in [-0.4, -0.2) is 31.5 Å². The van der Waals surface area contributed by atoms with Gasteiger partial charge in [0.25, 0.3) is 5.91 Å². The Balaban J connectivity index is 1.48. The van der Waals surface area contributed by atoms with Crippen molar-refractivity contribution in [3.8, 4) is 5.75 Å². The average Bonchev–Trinajstić information content (AvgIpc) is 2.85. The number of nitrogens with one attached hydrogen (secondary N) is 3. The summed E-state index contributed by atoms with van der Waals surface area (Å²) in [5.41, 5.74) is 3.15. The minimum atomic E-state index is -0.208. The zero-order chi connectivity index (χ0) is 23.3. The quantitative estimate of drug-likeness (QED) is 0.347. The van der Waals surface area contributed by atoms with Gasteiger partial charge in [-0.15, -0.1) is 0 Å². The van der Waals surface area contributed by atoms with Crippen LogP contribution in [-0.2, 0) is 11.2 Å². The lowest BCUT2D eigenvalue weighted by molar-refractivity contribution is -0.114. The van der Waals surface area contributed by atoms with Crippen molar-refractivity contribution in [1.82, 2.24) is 5.32 Å². The number of hydrogen-bond acceptors (Lipinski definition) is 4. The van der Waals surface area contributed by atoms with E-state index in [1.54, 1.807) is 24.3 Å². The molecular weight excluding hydrogens is 414 g/mol. The van der Waals surface area contributed by atoms with E-state index >= 15 is 0 Å². The molecule has 2 amide bonds. The lowest BCUT2D eigenvalue weighted by Crippen LogP contribution is -2.25. The third-order valence-corrected chi connectivity index (χ3v) is 4.98. The minimum Gasteiger partial charge on any atom is -0.491 e. The van der Waals surface area contributed by atoms with E-state index in [1.807, 2.05) is 49.4 Å². The normalized spacial score (nSPS) is 10.3. The summed E-state index contributed by atoms with van der Waals surface area (Å²) in [5.74, 6) is 0.359. The van der Waals surface area contributed by atoms with Crippen molar-refractivity contribution in [3.05, 3.63) is 90.0 Å². The van der Waals surface area contributed by atoms with E-state index in [1.165, 1.54) is 5.56 Å². The molecule has 6 nitrogen and oxygen atoms in total. The zero-order valence-electron chi connectivity index (χ0n) is 19.0. The van der Waals surface area contributed by atoms with Crippen LogP contribution in [0.4, 0.5) is 11.4 Å². The SMILES string of the molecule is CCCNC(=O)c1cccc(NC(=O)CNc2ccccc2OCCCc2ccccc2)c1. The van der Waals surface area contributed by atoms with Gasteiger partial charge < -0.3 is 20.7 Å². The molecule has 0 bridgehead atoms. The third kappa shape index (κ3) is 8.00. The van der Waals surface area contributed by atoms with Crippen molar-refractivity contribution < 1.29 is 14.3 Å². The summed E-state index contributed by atoms with van der Waals surface area (Å²) in [6.45, 7) is 3.29. The van der Waals surface area contributed by atoms with E-state index in [-0.39, 0.29) is 18.4 Å². The molecule has 0 unspecified atom stereocenters. The molecule has 0 saturated carbocycles. The minimum absolute atomic E-state index is 0.0800. The van der Waals surface area contributed by atoms with Crippen molar-refractivity contribution in [1.29, 1.82) is 0 Å². The predicted molar refractivity (Wildman–Crippen MR) is 133 cm³/mol. The maximum atomic E-state index is 12.5. The van der Waals surface area contributed by atoms with E-state index in [4.69, 9.17) is 4.74 Å². The van der Waals surface area contributed by atoms with Crippen LogP contribution in [0.1, 0.15) is 35.7 Å². The van der Waals surface area contributed by atoms with Crippen LogP contribution in [0.15, 0.2) is 78.9 Å². The summed E-state index contributed by atoms with van der Waals surface area (Å²) in [6, 6.07) is 24.8. The Kier molecular flexibility index (Phi) is 9.33. The number of hydrogen-bond donors (Lipinski definition) is 3. The second-order valence-electron chi connectivity index (χ2n) is 7.67. The first-order valence-corrected chi connectivity index (χ1v) is 11.3. The van der Waals surface area contributed by atoms with Gasteiger partial charge in [-0.1, -0.05) is 55.5 Å². The molecule has 0 atom stereocenters. The molecule has 172 valence electrons. The third-order valence-electron chi connectivity index (χ3n) is 4.98. The van der Waals surface area contributed by atoms with Crippen molar-refractivity contribution >= 4 is 23.2 Å². The molecule has 0 fully saturated rings. The highest BCUT2D eigenvalue weighted by atomic mass is 16.5. The van der Waals surface area contributed by atoms with Gasteiger partial charge in [-0.2, -0.15) is 0 Å². The fourth-order valence-corrected chi connectivity index (χ4v) is 3.30. The van der Waals surface area contributed by atoms with Gasteiger partial charge in [0.15, 0.2) is 0 Å². The lowest BCUT2D eigenvalue weighted by atomic mass is 10.1. The van der Waals surface area contributed by atoms with Gasteiger partial charge in [0, 0.05) is 17.8 Å². The van der Waals surface area contributed by atoms with Crippen LogP contribution in [0.25, 0.3) is 0 Å². The molecule has 3 aromatic carbocycles. The van der Waals surface area contributed by atoms with Crippen molar-refractivity contribution in [2.45, 2.75) is 26.2 Å². The predicted octanol–water partition coefficient (Wildman–Crippen LogP) is 4.89. The summed E-state index contributed by atoms with van der Waals surface area (Å²) in [7, 11) is 0. The maximum absolute atomic E-state index is 12.5. The molecule has 0 aromatic heterocycles. The number of amides is 2. The first-order valence-electron chi connectivity index (χ1n) is 11.3. The standard InChI is InChI=1S/C27H31N3O3/c1-2-17-28-27(32)22-13-8-14-23(19-22)30-26(31)20-29-24-15-6-7-16-25(24)33-18-9-12-21-10-4-3-5-11-21/h3-8,10-11,13-16,19,29H,2,9,12,17-18,20H2,1H3,(H,28,32)(H,30,31). The number of benzene rings is 3. The van der Waals surface area contributed by atoms with Crippen LogP contribution in [0.5, 0.6) is 5.75 Å². The van der Waals surface area contributed by atoms with E-state index < -0.39 is 0 Å². The number of ether oxygens (including phenoxy) is 1. The summed E-state index contributed by atoms with van der Waals surface area (Å²) in [5, 5.41) is 8.81. The highest BCUT2D eigenvalue weighted by molar-refractivity contribution is 5.98. The number of carbonyl (C=O) groups is 2. The second-order valence-corrected chi connectivity index (χ2v) is 7.67. The Bertz CT molecular complexity index is 1040. The molecule has 0 aliphatic carbocycles. The molecule has 0 spiro atoms. The van der Waals surface area contributed by atoms with Crippen molar-refractivity contribution in [3.63, 3.8) is 0 Å². The van der Waals surface area contributed by atoms with Crippen LogP contribution >= 0.6 is 0 Å². The van der Waals surface area contributed by atoms with Crippen molar-refractivity contribution in [2.24, 2.45) is 0 Å². The average molecular weight is 446 g/mol. The molecular formula is C27H31N3O3. The van der Waals surface area contributed by atoms with E-state index in [0.717, 1.165) is 24.9 Å². The molecule has 0 radical (unpaired) electrons. The Hall–Kier alpha value is -3.80. The van der Waals surface area contributed by atoms with E-state index in [0.29, 0.717) is 30.2 Å². The summed E-state index contributed by atoms with van der Waals surface area (Å²) < 4.78 is 5.95. The molecule has 0 aliphatic heterocycles. The zero-order valence-corrected chi connectivity index (χ0v) is 19.0. The van der Waals surface area contributed by atoms with Crippen LogP contribution in [0.2, 0.25) is 0 Å². The van der Waals surface area contributed by atoms with E-state index in [9.17, 15) is 9.59 Å². The molecule has 3 aromatic rings. The Morgan fingerprint density at radius 3 is 2.52 bits per heavy atom. The topological polar surface area (TPSA) is 79.5 Å². The largest absolute Gasteiger partial charge is 0.491 e. The summed E-state index contributed by atoms with van der Waals surface area (Å²) in [6.07, 6.45) is 2.72. The lowest BCUT2D eigenvalue weighted by Gasteiger charge is -2.13. The Labute approximate surface area is 195 Å². The molecule has 33 heavy (non-hydrogen) atoms. The molecule has 3 rings (SSSR count). The first-order chi connectivity index (χ1) is 16.2. The van der Waals surface area contributed by atoms with Gasteiger partial charge in [0.2, 0.25) is 5.91 Å².